The van der Waals surface area contributed by atoms with E-state index in [9.17, 15) is 14.4 Å². The molecule has 1 fully saturated rings. The number of rotatable bonds is 8. The summed E-state index contributed by atoms with van der Waals surface area (Å²) < 4.78 is 5.78. The molecule has 0 heterocycles. The smallest absolute Gasteiger partial charge is 0.269 e. The van der Waals surface area contributed by atoms with Crippen LogP contribution in [-0.4, -0.2) is 37.0 Å². The van der Waals surface area contributed by atoms with Crippen molar-refractivity contribution in [1.29, 1.82) is 0 Å². The summed E-state index contributed by atoms with van der Waals surface area (Å²) in [4.78, 5) is 36.8. The Morgan fingerprint density at radius 2 is 1.59 bits per heavy atom. The number of nitrogens with one attached hydrogen (secondary N) is 1. The molecule has 1 aliphatic carbocycles. The average Bonchev–Trinajstić information content (AvgIpc) is 2.84. The molecule has 6 nitrogen and oxygen atoms in total. The van der Waals surface area contributed by atoms with E-state index in [1.165, 1.54) is 0 Å². The van der Waals surface area contributed by atoms with Crippen LogP contribution in [0.4, 0.5) is 17.1 Å². The summed E-state index contributed by atoms with van der Waals surface area (Å²) >= 11 is 6.09. The fourth-order valence-corrected chi connectivity index (χ4v) is 3.74. The van der Waals surface area contributed by atoms with Gasteiger partial charge >= 0.3 is 0 Å². The first kappa shape index (κ1) is 21.7. The summed E-state index contributed by atoms with van der Waals surface area (Å²) in [6, 6.07) is 23.6. The van der Waals surface area contributed by atoms with Gasteiger partial charge in [0.05, 0.1) is 12.6 Å². The van der Waals surface area contributed by atoms with Crippen LogP contribution in [0.5, 0.6) is 0 Å². The lowest BCUT2D eigenvalue weighted by atomic mass is 9.87. The molecule has 1 N–H and O–H groups in total. The van der Waals surface area contributed by atoms with E-state index in [4.69, 9.17) is 16.3 Å². The summed E-state index contributed by atoms with van der Waals surface area (Å²) in [7, 11) is 1.67. The molecule has 32 heavy (non-hydrogen) atoms. The number of ketones is 3. The third-order valence-electron chi connectivity index (χ3n) is 5.38. The van der Waals surface area contributed by atoms with E-state index in [2.05, 4.69) is 10.2 Å². The van der Waals surface area contributed by atoms with Crippen molar-refractivity contribution in [1.82, 2.24) is 0 Å². The van der Waals surface area contributed by atoms with Crippen LogP contribution in [0.25, 0.3) is 0 Å². The highest BCUT2D eigenvalue weighted by molar-refractivity contribution is 6.79. The van der Waals surface area contributed by atoms with Crippen LogP contribution < -0.4 is 10.2 Å². The van der Waals surface area contributed by atoms with E-state index in [0.29, 0.717) is 17.3 Å². The van der Waals surface area contributed by atoms with Crippen molar-refractivity contribution in [3.63, 3.8) is 0 Å². The van der Waals surface area contributed by atoms with Crippen molar-refractivity contribution in [3.05, 3.63) is 89.4 Å². The van der Waals surface area contributed by atoms with Crippen LogP contribution in [0.2, 0.25) is 5.02 Å². The highest BCUT2D eigenvalue weighted by atomic mass is 35.5. The maximum absolute atomic E-state index is 11.7. The lowest BCUT2D eigenvalue weighted by Gasteiger charge is -2.30. The van der Waals surface area contributed by atoms with Gasteiger partial charge in [0, 0.05) is 29.2 Å². The Labute approximate surface area is 190 Å². The first-order valence-corrected chi connectivity index (χ1v) is 10.5. The zero-order valence-electron chi connectivity index (χ0n) is 17.3. The number of carbonyl (C=O) groups is 3. The van der Waals surface area contributed by atoms with Crippen molar-refractivity contribution in [2.45, 2.75) is 12.1 Å². The molecule has 0 aliphatic heterocycles. The number of halogens is 1. The van der Waals surface area contributed by atoms with Crippen molar-refractivity contribution >= 4 is 46.0 Å². The van der Waals surface area contributed by atoms with E-state index in [1.54, 1.807) is 13.2 Å². The van der Waals surface area contributed by atoms with E-state index in [-0.39, 0.29) is 6.10 Å². The van der Waals surface area contributed by atoms with Gasteiger partial charge in [0.2, 0.25) is 11.6 Å². The Morgan fingerprint density at radius 3 is 2.25 bits per heavy atom. The van der Waals surface area contributed by atoms with Gasteiger partial charge < -0.3 is 15.0 Å². The van der Waals surface area contributed by atoms with Crippen molar-refractivity contribution in [3.8, 4) is 0 Å². The van der Waals surface area contributed by atoms with Gasteiger partial charge in [-0.2, -0.15) is 0 Å². The molecular formula is C25H21ClN2O4. The molecule has 7 heteroatoms. The highest BCUT2D eigenvalue weighted by Gasteiger charge is 2.48. The Bertz CT molecular complexity index is 1130. The zero-order chi connectivity index (χ0) is 22.7. The minimum atomic E-state index is -1.11. The van der Waals surface area contributed by atoms with Gasteiger partial charge in [-0.25, -0.2) is 0 Å². The van der Waals surface area contributed by atoms with E-state index in [0.717, 1.165) is 16.9 Å². The normalized spacial score (nSPS) is 14.8. The number of ether oxygens (including phenoxy) is 1. The Balaban J connectivity index is 1.65. The monoisotopic (exact) mass is 448 g/mol. The molecule has 0 radical (unpaired) electrons. The lowest BCUT2D eigenvalue weighted by Crippen LogP contribution is -2.57. The number of Topliss-reactive ketones (excluding diaryl/α,β-unsaturated/α-hetero) is 3. The van der Waals surface area contributed by atoms with Crippen LogP contribution in [0.1, 0.15) is 11.7 Å². The second kappa shape index (κ2) is 9.34. The molecule has 1 atom stereocenters. The predicted molar refractivity (Wildman–Crippen MR) is 124 cm³/mol. The standard InChI is InChI=1S/C25H21ClN2O4/c1-32-21(16-6-3-2-4-7-16)15-28(19-12-10-17(26)11-13-19)20-9-5-8-18(14-20)27-22-23(29)25(31)24(22)30/h2-14,21-22,27H,15H2,1H3. The molecule has 0 saturated heterocycles. The van der Waals surface area contributed by atoms with E-state index in [1.807, 2.05) is 72.8 Å². The Morgan fingerprint density at radius 1 is 0.906 bits per heavy atom. The third-order valence-corrected chi connectivity index (χ3v) is 5.64. The molecule has 0 bridgehead atoms. The third kappa shape index (κ3) is 4.42. The molecule has 3 aromatic carbocycles. The summed E-state index contributed by atoms with van der Waals surface area (Å²) in [6.45, 7) is 0.505. The zero-order valence-corrected chi connectivity index (χ0v) is 18.1. The SMILES string of the molecule is COC(CN(c1ccc(Cl)cc1)c1cccc(NC2C(=O)C(=O)C2=O)c1)c1ccccc1. The van der Waals surface area contributed by atoms with Gasteiger partial charge in [0.1, 0.15) is 0 Å². The Hall–Kier alpha value is -3.48. The number of benzene rings is 3. The molecule has 0 amide bonds. The molecular weight excluding hydrogens is 428 g/mol. The van der Waals surface area contributed by atoms with Crippen molar-refractivity contribution < 1.29 is 19.1 Å². The number of anilines is 3. The van der Waals surface area contributed by atoms with Crippen LogP contribution in [0.3, 0.4) is 0 Å². The largest absolute Gasteiger partial charge is 0.375 e. The number of nitrogens with zero attached hydrogens (tertiary/aromatic N) is 1. The fraction of sp³-hybridized carbons (Fsp3) is 0.160. The average molecular weight is 449 g/mol. The number of carbonyl (C=O) groups excluding carboxylic acids is 3. The second-order valence-electron chi connectivity index (χ2n) is 7.41. The van der Waals surface area contributed by atoms with Crippen LogP contribution in [0.15, 0.2) is 78.9 Å². The molecule has 1 unspecified atom stereocenters. The minimum absolute atomic E-state index is 0.212. The van der Waals surface area contributed by atoms with Gasteiger partial charge in [-0.15, -0.1) is 0 Å². The summed E-state index contributed by atoms with van der Waals surface area (Å²) in [5.41, 5.74) is 3.32. The molecule has 0 aromatic heterocycles. The van der Waals surface area contributed by atoms with Gasteiger partial charge in [0.15, 0.2) is 6.04 Å². The van der Waals surface area contributed by atoms with Crippen LogP contribution >= 0.6 is 11.6 Å². The first-order chi connectivity index (χ1) is 15.5. The second-order valence-corrected chi connectivity index (χ2v) is 7.84. The molecule has 4 rings (SSSR count). The molecule has 1 aliphatic rings. The number of hydrogen-bond acceptors (Lipinski definition) is 6. The highest BCUT2D eigenvalue weighted by Crippen LogP contribution is 2.32. The maximum Gasteiger partial charge on any atom is 0.269 e. The quantitative estimate of drug-likeness (QED) is 0.407. The summed E-state index contributed by atoms with van der Waals surface area (Å²) in [5.74, 6) is -2.37. The van der Waals surface area contributed by atoms with Gasteiger partial charge in [-0.1, -0.05) is 48.0 Å². The van der Waals surface area contributed by atoms with Crippen molar-refractivity contribution in [2.75, 3.05) is 23.9 Å². The number of methoxy groups -OCH3 is 1. The van der Waals surface area contributed by atoms with Crippen LogP contribution in [-0.2, 0) is 19.1 Å². The summed E-state index contributed by atoms with van der Waals surface area (Å²) in [5, 5.41) is 3.49. The molecule has 162 valence electrons. The van der Waals surface area contributed by atoms with Gasteiger partial charge in [-0.05, 0) is 48.0 Å². The van der Waals surface area contributed by atoms with Crippen LogP contribution in [0, 0.1) is 0 Å². The van der Waals surface area contributed by atoms with E-state index >= 15 is 0 Å². The van der Waals surface area contributed by atoms with Gasteiger partial charge in [0.25, 0.3) is 5.78 Å². The molecule has 3 aromatic rings. The van der Waals surface area contributed by atoms with Gasteiger partial charge in [-0.3, -0.25) is 14.4 Å². The minimum Gasteiger partial charge on any atom is -0.375 e. The molecule has 1 saturated carbocycles. The summed E-state index contributed by atoms with van der Waals surface area (Å²) in [6.07, 6.45) is -0.212. The topological polar surface area (TPSA) is 75.7 Å². The molecule has 0 spiro atoms. The lowest BCUT2D eigenvalue weighted by molar-refractivity contribution is -0.152. The number of hydrogen-bond donors (Lipinski definition) is 1. The maximum atomic E-state index is 11.7. The first-order valence-electron chi connectivity index (χ1n) is 10.1. The fourth-order valence-electron chi connectivity index (χ4n) is 3.62. The Kier molecular flexibility index (Phi) is 6.35. The predicted octanol–water partition coefficient (Wildman–Crippen LogP) is 4.37. The van der Waals surface area contributed by atoms with Crippen molar-refractivity contribution in [2.24, 2.45) is 0 Å². The van der Waals surface area contributed by atoms with E-state index < -0.39 is 23.4 Å².